The van der Waals surface area contributed by atoms with Gasteiger partial charge in [0.1, 0.15) is 0 Å². The molecule has 0 nitrogen and oxygen atoms in total. The van der Waals surface area contributed by atoms with Gasteiger partial charge in [-0.3, -0.25) is 0 Å². The van der Waals surface area contributed by atoms with E-state index in [1.807, 2.05) is 0 Å². The van der Waals surface area contributed by atoms with Gasteiger partial charge < -0.3 is 13.8 Å². The van der Waals surface area contributed by atoms with Crippen molar-refractivity contribution in [3.63, 3.8) is 0 Å². The van der Waals surface area contributed by atoms with Gasteiger partial charge in [-0.15, -0.1) is 0 Å². The van der Waals surface area contributed by atoms with Gasteiger partial charge in [-0.2, -0.15) is 12.8 Å². The van der Waals surface area contributed by atoms with Crippen LogP contribution in [0, 0.1) is 25.7 Å². The molecule has 2 atom stereocenters. The first-order valence-corrected chi connectivity index (χ1v) is 9.28. The molecular weight excluding hydrogens is 265 g/mol. The first-order chi connectivity index (χ1) is 9.69. The van der Waals surface area contributed by atoms with E-state index in [0.29, 0.717) is 0 Å². The van der Waals surface area contributed by atoms with Gasteiger partial charge >= 0.3 is 23.1 Å². The second-order valence-electron chi connectivity index (χ2n) is 6.12. The predicted molar refractivity (Wildman–Crippen MR) is 102 cm³/mol. The van der Waals surface area contributed by atoms with Crippen LogP contribution in [-0.4, -0.2) is 23.1 Å². The summed E-state index contributed by atoms with van der Waals surface area (Å²) < 4.78 is 0. The van der Waals surface area contributed by atoms with Crippen LogP contribution >= 0.6 is 0 Å². The van der Waals surface area contributed by atoms with E-state index in [4.69, 9.17) is 0 Å². The third-order valence-corrected chi connectivity index (χ3v) is 4.31. The van der Waals surface area contributed by atoms with Crippen molar-refractivity contribution in [2.45, 2.75) is 105 Å². The van der Waals surface area contributed by atoms with E-state index in [-0.39, 0.29) is 23.1 Å². The predicted octanol–water partition coefficient (Wildman–Crippen LogP) is 7.25. The largest absolute Gasteiger partial charge is 2.00 e. The monoisotopic (exact) mass is 306 g/mol. The van der Waals surface area contributed by atoms with Crippen LogP contribution in [0.15, 0.2) is 0 Å². The van der Waals surface area contributed by atoms with E-state index < -0.39 is 0 Å². The summed E-state index contributed by atoms with van der Waals surface area (Å²) in [6.07, 6.45) is 15.9. The Morgan fingerprint density at radius 2 is 0.952 bits per heavy atom. The maximum Gasteiger partial charge on any atom is 2.00 e. The normalized spacial score (nSPS) is 12.9. The van der Waals surface area contributed by atoms with E-state index in [2.05, 4.69) is 41.5 Å². The Labute approximate surface area is 153 Å². The third-order valence-electron chi connectivity index (χ3n) is 4.31. The van der Waals surface area contributed by atoms with Gasteiger partial charge in [-0.05, 0) is 11.8 Å². The molecule has 0 aromatic heterocycles. The topological polar surface area (TPSA) is 0 Å². The summed E-state index contributed by atoms with van der Waals surface area (Å²) in [5, 5.41) is 0. The van der Waals surface area contributed by atoms with Crippen molar-refractivity contribution in [1.29, 1.82) is 0 Å². The SMILES string of the molecule is [CH2-]CCC(CC)CCCC.[CH2-]CCC(CC)CCCC.[Mg+2]. The molecule has 0 aliphatic carbocycles. The molecule has 0 saturated heterocycles. The van der Waals surface area contributed by atoms with E-state index in [1.165, 1.54) is 64.2 Å². The smallest absolute Gasteiger partial charge is 0.343 e. The zero-order valence-electron chi connectivity index (χ0n) is 15.8. The first-order valence-electron chi connectivity index (χ1n) is 9.28. The molecule has 0 spiro atoms. The molecule has 0 aliphatic heterocycles. The van der Waals surface area contributed by atoms with Crippen molar-refractivity contribution >= 4 is 23.1 Å². The minimum atomic E-state index is 0. The molecule has 2 unspecified atom stereocenters. The van der Waals surface area contributed by atoms with Crippen molar-refractivity contribution < 1.29 is 0 Å². The Kier molecular flexibility index (Phi) is 29.2. The van der Waals surface area contributed by atoms with E-state index >= 15 is 0 Å². The average Bonchev–Trinajstić information content (AvgIpc) is 2.48. The maximum atomic E-state index is 3.88. The molecule has 0 aromatic carbocycles. The average molecular weight is 307 g/mol. The van der Waals surface area contributed by atoms with Crippen molar-refractivity contribution in [2.24, 2.45) is 11.8 Å². The Morgan fingerprint density at radius 3 is 1.14 bits per heavy atom. The molecule has 0 radical (unpaired) electrons. The summed E-state index contributed by atoms with van der Waals surface area (Å²) in [6, 6.07) is 0. The third kappa shape index (κ3) is 20.8. The van der Waals surface area contributed by atoms with Crippen molar-refractivity contribution in [1.82, 2.24) is 0 Å². The van der Waals surface area contributed by atoms with Gasteiger partial charge in [0.15, 0.2) is 0 Å². The summed E-state index contributed by atoms with van der Waals surface area (Å²) >= 11 is 0. The molecule has 124 valence electrons. The molecular formula is C20H42Mg. The van der Waals surface area contributed by atoms with Gasteiger partial charge in [0.2, 0.25) is 0 Å². The maximum absolute atomic E-state index is 3.88. The molecule has 0 aromatic rings. The second kappa shape index (κ2) is 23.0. The van der Waals surface area contributed by atoms with Crippen LogP contribution in [0.3, 0.4) is 0 Å². The van der Waals surface area contributed by atoms with E-state index in [9.17, 15) is 0 Å². The molecule has 0 amide bonds. The van der Waals surface area contributed by atoms with Gasteiger partial charge in [-0.25, -0.2) is 0 Å². The number of hydrogen-bond donors (Lipinski definition) is 0. The quantitative estimate of drug-likeness (QED) is 0.263. The fraction of sp³-hybridized carbons (Fsp3) is 0.900. The standard InChI is InChI=1S/2C10H21.Mg/c2*1-4-7-9-10(6-3)8-5-2;/h2*10H,2,4-9H2,1,3H3;/q2*-1;+2. The van der Waals surface area contributed by atoms with Gasteiger partial charge in [0.05, 0.1) is 0 Å². The molecule has 0 fully saturated rings. The number of hydrogen-bond acceptors (Lipinski definition) is 0. The van der Waals surface area contributed by atoms with Crippen molar-refractivity contribution in [3.8, 4) is 0 Å². The Bertz CT molecular complexity index is 138. The van der Waals surface area contributed by atoms with Crippen LogP contribution in [0.2, 0.25) is 0 Å². The molecule has 0 aliphatic rings. The molecule has 0 N–H and O–H groups in total. The van der Waals surface area contributed by atoms with Crippen LogP contribution in [0.25, 0.3) is 0 Å². The fourth-order valence-electron chi connectivity index (χ4n) is 2.67. The molecule has 0 rings (SSSR count). The molecule has 1 heteroatoms. The summed E-state index contributed by atoms with van der Waals surface area (Å²) in [6.45, 7) is 16.9. The number of unbranched alkanes of at least 4 members (excludes halogenated alkanes) is 2. The molecule has 21 heavy (non-hydrogen) atoms. The summed E-state index contributed by atoms with van der Waals surface area (Å²) in [4.78, 5) is 0. The summed E-state index contributed by atoms with van der Waals surface area (Å²) in [7, 11) is 0. The Balaban J connectivity index is -0.000000295. The summed E-state index contributed by atoms with van der Waals surface area (Å²) in [5.74, 6) is 1.91. The number of rotatable bonds is 12. The summed E-state index contributed by atoms with van der Waals surface area (Å²) in [5.41, 5.74) is 0. The van der Waals surface area contributed by atoms with Crippen LogP contribution in [0.5, 0.6) is 0 Å². The second-order valence-corrected chi connectivity index (χ2v) is 6.12. The van der Waals surface area contributed by atoms with Crippen LogP contribution < -0.4 is 0 Å². The van der Waals surface area contributed by atoms with Gasteiger partial charge in [-0.1, -0.05) is 91.9 Å². The van der Waals surface area contributed by atoms with E-state index in [0.717, 1.165) is 24.7 Å². The Morgan fingerprint density at radius 1 is 0.619 bits per heavy atom. The first kappa shape index (κ1) is 26.7. The van der Waals surface area contributed by atoms with Gasteiger partial charge in [0, 0.05) is 0 Å². The van der Waals surface area contributed by atoms with Crippen LogP contribution in [0.4, 0.5) is 0 Å². The zero-order chi connectivity index (χ0) is 15.6. The molecule has 0 heterocycles. The Hall–Kier alpha value is 0.766. The van der Waals surface area contributed by atoms with Crippen molar-refractivity contribution in [2.75, 3.05) is 0 Å². The minimum Gasteiger partial charge on any atom is -0.343 e. The fourth-order valence-corrected chi connectivity index (χ4v) is 2.67. The van der Waals surface area contributed by atoms with Crippen LogP contribution in [0.1, 0.15) is 105 Å². The zero-order valence-corrected chi connectivity index (χ0v) is 17.2. The van der Waals surface area contributed by atoms with E-state index in [1.54, 1.807) is 0 Å². The van der Waals surface area contributed by atoms with Gasteiger partial charge in [0.25, 0.3) is 0 Å². The van der Waals surface area contributed by atoms with Crippen molar-refractivity contribution in [3.05, 3.63) is 13.8 Å². The molecule has 0 bridgehead atoms. The molecule has 0 saturated carbocycles. The minimum absolute atomic E-state index is 0. The van der Waals surface area contributed by atoms with Crippen LogP contribution in [-0.2, 0) is 0 Å².